The second-order valence-corrected chi connectivity index (χ2v) is 6.20. The van der Waals surface area contributed by atoms with Crippen molar-refractivity contribution < 1.29 is 0 Å². The van der Waals surface area contributed by atoms with Crippen LogP contribution in [-0.2, 0) is 6.54 Å². The third kappa shape index (κ3) is 7.39. The summed E-state index contributed by atoms with van der Waals surface area (Å²) in [5.41, 5.74) is 1.00. The first-order valence-electron chi connectivity index (χ1n) is 7.96. The summed E-state index contributed by atoms with van der Waals surface area (Å²) in [6.07, 6.45) is 1.12. The maximum atomic E-state index is 4.39. The summed E-state index contributed by atoms with van der Waals surface area (Å²) in [5, 5.41) is 12.1. The predicted octanol–water partition coefficient (Wildman–Crippen LogP) is 2.00. The number of anilines is 1. The van der Waals surface area contributed by atoms with Gasteiger partial charge in [-0.1, -0.05) is 20.8 Å². The Labute approximate surface area is 129 Å². The molecule has 0 aliphatic carbocycles. The minimum atomic E-state index is 0.656. The van der Waals surface area contributed by atoms with Crippen molar-refractivity contribution in [3.63, 3.8) is 0 Å². The van der Waals surface area contributed by atoms with Gasteiger partial charge in [-0.25, -0.2) is 0 Å². The summed E-state index contributed by atoms with van der Waals surface area (Å²) in [7, 11) is 4.19. The van der Waals surface area contributed by atoms with Crippen molar-refractivity contribution in [2.24, 2.45) is 5.92 Å². The van der Waals surface area contributed by atoms with E-state index in [1.165, 1.54) is 0 Å². The highest BCUT2D eigenvalue weighted by molar-refractivity contribution is 5.37. The number of likely N-dealkylation sites (N-methyl/N-ethyl adjacent to an activating group) is 1. The van der Waals surface area contributed by atoms with Gasteiger partial charge in [0.2, 0.25) is 0 Å². The molecule has 0 spiro atoms. The van der Waals surface area contributed by atoms with E-state index in [9.17, 15) is 0 Å². The van der Waals surface area contributed by atoms with E-state index in [2.05, 4.69) is 72.3 Å². The molecule has 1 aromatic heterocycles. The van der Waals surface area contributed by atoms with Crippen molar-refractivity contribution in [1.82, 2.24) is 20.4 Å². The first-order chi connectivity index (χ1) is 10.0. The zero-order valence-corrected chi connectivity index (χ0v) is 14.3. The number of hydrogen-bond donors (Lipinski definition) is 1. The Morgan fingerprint density at radius 1 is 1.10 bits per heavy atom. The van der Waals surface area contributed by atoms with Crippen LogP contribution in [0.25, 0.3) is 0 Å². The number of rotatable bonds is 10. The molecule has 0 saturated heterocycles. The van der Waals surface area contributed by atoms with E-state index in [0.717, 1.165) is 50.7 Å². The van der Waals surface area contributed by atoms with Gasteiger partial charge in [-0.15, -0.1) is 5.10 Å². The molecule has 1 heterocycles. The molecule has 1 aromatic rings. The van der Waals surface area contributed by atoms with Gasteiger partial charge >= 0.3 is 0 Å². The summed E-state index contributed by atoms with van der Waals surface area (Å²) in [4.78, 5) is 4.50. The number of hydrogen-bond acceptors (Lipinski definition) is 5. The van der Waals surface area contributed by atoms with E-state index in [0.29, 0.717) is 5.92 Å². The molecule has 0 bridgehead atoms. The SMILES string of the molecule is CCCN(CCN(C)C)c1ccc(CNCC(C)C)nn1. The van der Waals surface area contributed by atoms with Crippen LogP contribution < -0.4 is 10.2 Å². The lowest BCUT2D eigenvalue weighted by Crippen LogP contribution is -2.33. The molecular formula is C16H31N5. The average Bonchev–Trinajstić information content (AvgIpc) is 2.44. The molecule has 0 radical (unpaired) electrons. The summed E-state index contributed by atoms with van der Waals surface area (Å²) in [6.45, 7) is 11.4. The molecule has 120 valence electrons. The topological polar surface area (TPSA) is 44.3 Å². The molecule has 0 amide bonds. The average molecular weight is 293 g/mol. The fourth-order valence-corrected chi connectivity index (χ4v) is 2.04. The van der Waals surface area contributed by atoms with Gasteiger partial charge in [0.15, 0.2) is 5.82 Å². The Morgan fingerprint density at radius 2 is 1.86 bits per heavy atom. The van der Waals surface area contributed by atoms with Crippen molar-refractivity contribution in [2.75, 3.05) is 45.2 Å². The third-order valence-corrected chi connectivity index (χ3v) is 3.20. The molecule has 5 nitrogen and oxygen atoms in total. The maximum Gasteiger partial charge on any atom is 0.151 e. The molecule has 0 fully saturated rings. The maximum absolute atomic E-state index is 4.39. The van der Waals surface area contributed by atoms with Crippen LogP contribution in [0.1, 0.15) is 32.9 Å². The van der Waals surface area contributed by atoms with Crippen molar-refractivity contribution >= 4 is 5.82 Å². The van der Waals surface area contributed by atoms with Crippen LogP contribution in [0.4, 0.5) is 5.82 Å². The molecule has 21 heavy (non-hydrogen) atoms. The Balaban J connectivity index is 2.55. The molecule has 0 aliphatic heterocycles. The predicted molar refractivity (Wildman–Crippen MR) is 89.6 cm³/mol. The highest BCUT2D eigenvalue weighted by atomic mass is 15.3. The molecule has 0 saturated carbocycles. The van der Waals surface area contributed by atoms with E-state index < -0.39 is 0 Å². The second kappa shape index (κ2) is 9.68. The van der Waals surface area contributed by atoms with Crippen LogP contribution in [0, 0.1) is 5.92 Å². The van der Waals surface area contributed by atoms with Crippen LogP contribution >= 0.6 is 0 Å². The van der Waals surface area contributed by atoms with Gasteiger partial charge in [0.1, 0.15) is 0 Å². The Bertz CT molecular complexity index is 375. The quantitative estimate of drug-likeness (QED) is 0.715. The van der Waals surface area contributed by atoms with Gasteiger partial charge in [-0.05, 0) is 45.1 Å². The molecule has 1 rings (SSSR count). The van der Waals surface area contributed by atoms with E-state index >= 15 is 0 Å². The largest absolute Gasteiger partial charge is 0.354 e. The molecular weight excluding hydrogens is 262 g/mol. The van der Waals surface area contributed by atoms with Gasteiger partial charge in [0, 0.05) is 26.2 Å². The van der Waals surface area contributed by atoms with Crippen LogP contribution in [0.3, 0.4) is 0 Å². The van der Waals surface area contributed by atoms with Crippen LogP contribution in [0.2, 0.25) is 0 Å². The monoisotopic (exact) mass is 293 g/mol. The first kappa shape index (κ1) is 17.9. The molecule has 0 aliphatic rings. The lowest BCUT2D eigenvalue weighted by atomic mass is 10.2. The first-order valence-corrected chi connectivity index (χ1v) is 7.96. The zero-order chi connectivity index (χ0) is 15.7. The van der Waals surface area contributed by atoms with Gasteiger partial charge in [-0.2, -0.15) is 5.10 Å². The van der Waals surface area contributed by atoms with Crippen LogP contribution in [-0.4, -0.2) is 55.4 Å². The highest BCUT2D eigenvalue weighted by Crippen LogP contribution is 2.10. The van der Waals surface area contributed by atoms with E-state index in [1.807, 2.05) is 0 Å². The summed E-state index contributed by atoms with van der Waals surface area (Å²) >= 11 is 0. The molecule has 0 aromatic carbocycles. The Kier molecular flexibility index (Phi) is 8.23. The fraction of sp³-hybridized carbons (Fsp3) is 0.750. The van der Waals surface area contributed by atoms with Gasteiger partial charge < -0.3 is 15.1 Å². The second-order valence-electron chi connectivity index (χ2n) is 6.20. The number of nitrogens with one attached hydrogen (secondary N) is 1. The van der Waals surface area contributed by atoms with Crippen molar-refractivity contribution in [1.29, 1.82) is 0 Å². The fourth-order valence-electron chi connectivity index (χ4n) is 2.04. The van der Waals surface area contributed by atoms with Crippen LogP contribution in [0.15, 0.2) is 12.1 Å². The highest BCUT2D eigenvalue weighted by Gasteiger charge is 2.08. The lowest BCUT2D eigenvalue weighted by molar-refractivity contribution is 0.412. The molecule has 1 N–H and O–H groups in total. The van der Waals surface area contributed by atoms with Gasteiger partial charge in [0.25, 0.3) is 0 Å². The lowest BCUT2D eigenvalue weighted by Gasteiger charge is -2.24. The molecule has 0 atom stereocenters. The van der Waals surface area contributed by atoms with E-state index in [-0.39, 0.29) is 0 Å². The number of aromatic nitrogens is 2. The van der Waals surface area contributed by atoms with Gasteiger partial charge in [0.05, 0.1) is 5.69 Å². The van der Waals surface area contributed by atoms with E-state index in [4.69, 9.17) is 0 Å². The standard InChI is InChI=1S/C16H31N5/c1-6-9-21(11-10-20(4)5)16-8-7-15(18-19-16)13-17-12-14(2)3/h7-8,14,17H,6,9-13H2,1-5H3. The van der Waals surface area contributed by atoms with Crippen LogP contribution in [0.5, 0.6) is 0 Å². The third-order valence-electron chi connectivity index (χ3n) is 3.20. The smallest absolute Gasteiger partial charge is 0.151 e. The minimum Gasteiger partial charge on any atom is -0.354 e. The summed E-state index contributed by atoms with van der Waals surface area (Å²) in [5.74, 6) is 1.63. The van der Waals surface area contributed by atoms with Gasteiger partial charge in [-0.3, -0.25) is 0 Å². The summed E-state index contributed by atoms with van der Waals surface area (Å²) < 4.78 is 0. The minimum absolute atomic E-state index is 0.656. The number of nitrogens with zero attached hydrogens (tertiary/aromatic N) is 4. The van der Waals surface area contributed by atoms with Crippen molar-refractivity contribution in [3.05, 3.63) is 17.8 Å². The summed E-state index contributed by atoms with van der Waals surface area (Å²) in [6, 6.07) is 4.17. The Morgan fingerprint density at radius 3 is 2.38 bits per heavy atom. The van der Waals surface area contributed by atoms with E-state index in [1.54, 1.807) is 0 Å². The molecule has 0 unspecified atom stereocenters. The molecule has 5 heteroatoms. The van der Waals surface area contributed by atoms with Crippen molar-refractivity contribution in [2.45, 2.75) is 33.7 Å². The van der Waals surface area contributed by atoms with Crippen molar-refractivity contribution in [3.8, 4) is 0 Å². The Hall–Kier alpha value is -1.20. The zero-order valence-electron chi connectivity index (χ0n) is 14.3. The normalized spacial score (nSPS) is 11.4.